The van der Waals surface area contributed by atoms with Crippen molar-refractivity contribution < 1.29 is 9.59 Å². The van der Waals surface area contributed by atoms with Crippen LogP contribution in [-0.2, 0) is 16.1 Å². The van der Waals surface area contributed by atoms with Crippen molar-refractivity contribution in [1.29, 1.82) is 0 Å². The number of hydrogen-bond donors (Lipinski definition) is 1. The Morgan fingerprint density at radius 3 is 2.43 bits per heavy atom. The standard InChI is InChI=1S/C15H16Cl2N2O2/c1-8-15(21)19(13(9-5-6-9)14(20)18-8)7-10-11(16)3-2-4-12(10)17/h2-4,8-9,13H,5-7H2,1H3,(H,18,20). The second kappa shape index (κ2) is 5.50. The maximum absolute atomic E-state index is 12.5. The number of benzene rings is 1. The van der Waals surface area contributed by atoms with Gasteiger partial charge in [0.15, 0.2) is 0 Å². The van der Waals surface area contributed by atoms with Crippen molar-refractivity contribution in [1.82, 2.24) is 10.2 Å². The number of carbonyl (C=O) groups is 2. The van der Waals surface area contributed by atoms with Crippen molar-refractivity contribution in [3.05, 3.63) is 33.8 Å². The van der Waals surface area contributed by atoms with Crippen LogP contribution in [0.3, 0.4) is 0 Å². The average Bonchev–Trinajstić information content (AvgIpc) is 3.24. The Morgan fingerprint density at radius 1 is 1.24 bits per heavy atom. The van der Waals surface area contributed by atoms with Gasteiger partial charge in [-0.2, -0.15) is 0 Å². The van der Waals surface area contributed by atoms with E-state index in [1.165, 1.54) is 0 Å². The third-order valence-electron chi connectivity index (χ3n) is 4.08. The molecule has 1 N–H and O–H groups in total. The third-order valence-corrected chi connectivity index (χ3v) is 4.78. The first-order chi connectivity index (χ1) is 9.99. The third kappa shape index (κ3) is 2.74. The van der Waals surface area contributed by atoms with Gasteiger partial charge in [-0.05, 0) is 37.8 Å². The molecule has 0 radical (unpaired) electrons. The van der Waals surface area contributed by atoms with E-state index in [1.54, 1.807) is 30.0 Å². The number of rotatable bonds is 3. The summed E-state index contributed by atoms with van der Waals surface area (Å²) in [6.07, 6.45) is 1.96. The van der Waals surface area contributed by atoms with Crippen molar-refractivity contribution in [3.63, 3.8) is 0 Å². The van der Waals surface area contributed by atoms with Gasteiger partial charge in [0.1, 0.15) is 12.1 Å². The van der Waals surface area contributed by atoms with Crippen LogP contribution in [0.25, 0.3) is 0 Å². The van der Waals surface area contributed by atoms with Gasteiger partial charge in [0, 0.05) is 22.2 Å². The van der Waals surface area contributed by atoms with Gasteiger partial charge in [-0.1, -0.05) is 29.3 Å². The monoisotopic (exact) mass is 326 g/mol. The molecule has 2 amide bonds. The lowest BCUT2D eigenvalue weighted by atomic mass is 10.0. The van der Waals surface area contributed by atoms with Gasteiger partial charge in [-0.25, -0.2) is 0 Å². The van der Waals surface area contributed by atoms with Crippen LogP contribution in [0.15, 0.2) is 18.2 Å². The van der Waals surface area contributed by atoms with Crippen LogP contribution in [0.5, 0.6) is 0 Å². The number of nitrogens with one attached hydrogen (secondary N) is 1. The lowest BCUT2D eigenvalue weighted by molar-refractivity contribution is -0.150. The first-order valence-electron chi connectivity index (χ1n) is 7.03. The molecule has 4 nitrogen and oxygen atoms in total. The van der Waals surface area contributed by atoms with Crippen LogP contribution in [0.2, 0.25) is 10.0 Å². The topological polar surface area (TPSA) is 49.4 Å². The van der Waals surface area contributed by atoms with E-state index in [0.717, 1.165) is 12.8 Å². The molecule has 0 bridgehead atoms. The zero-order valence-corrected chi connectivity index (χ0v) is 13.1. The van der Waals surface area contributed by atoms with Gasteiger partial charge < -0.3 is 10.2 Å². The Hall–Kier alpha value is -1.26. The fourth-order valence-electron chi connectivity index (χ4n) is 2.80. The molecular formula is C15H16Cl2N2O2. The van der Waals surface area contributed by atoms with Crippen LogP contribution >= 0.6 is 23.2 Å². The number of halogens is 2. The highest BCUT2D eigenvalue weighted by atomic mass is 35.5. The zero-order chi connectivity index (χ0) is 15.1. The molecule has 21 heavy (non-hydrogen) atoms. The molecule has 0 spiro atoms. The highest BCUT2D eigenvalue weighted by Crippen LogP contribution is 2.38. The smallest absolute Gasteiger partial charge is 0.245 e. The minimum Gasteiger partial charge on any atom is -0.343 e. The molecular weight excluding hydrogens is 311 g/mol. The largest absolute Gasteiger partial charge is 0.343 e. The minimum absolute atomic E-state index is 0.0761. The molecule has 2 atom stereocenters. The first-order valence-corrected chi connectivity index (χ1v) is 7.78. The van der Waals surface area contributed by atoms with Gasteiger partial charge in [0.25, 0.3) is 0 Å². The van der Waals surface area contributed by atoms with Gasteiger partial charge in [-0.15, -0.1) is 0 Å². The van der Waals surface area contributed by atoms with E-state index >= 15 is 0 Å². The molecule has 0 aromatic heterocycles. The van der Waals surface area contributed by atoms with Crippen LogP contribution < -0.4 is 5.32 Å². The van der Waals surface area contributed by atoms with Gasteiger partial charge in [0.2, 0.25) is 11.8 Å². The second-order valence-electron chi connectivity index (χ2n) is 5.68. The van der Waals surface area contributed by atoms with E-state index in [2.05, 4.69) is 5.32 Å². The fourth-order valence-corrected chi connectivity index (χ4v) is 3.32. The number of nitrogens with zero attached hydrogens (tertiary/aromatic N) is 1. The predicted octanol–water partition coefficient (Wildman–Crippen LogP) is 2.62. The van der Waals surface area contributed by atoms with E-state index in [9.17, 15) is 9.59 Å². The maximum atomic E-state index is 12.5. The highest BCUT2D eigenvalue weighted by molar-refractivity contribution is 6.36. The lowest BCUT2D eigenvalue weighted by Gasteiger charge is -2.38. The summed E-state index contributed by atoms with van der Waals surface area (Å²) in [5.74, 6) is 0.0953. The molecule has 1 saturated heterocycles. The number of carbonyl (C=O) groups excluding carboxylic acids is 2. The Labute approximate surface area is 133 Å². The van der Waals surface area contributed by atoms with Crippen molar-refractivity contribution >= 4 is 35.0 Å². The van der Waals surface area contributed by atoms with E-state index in [1.807, 2.05) is 0 Å². The molecule has 1 aromatic rings. The predicted molar refractivity (Wildman–Crippen MR) is 81.1 cm³/mol. The summed E-state index contributed by atoms with van der Waals surface area (Å²) in [7, 11) is 0. The Balaban J connectivity index is 1.93. The molecule has 1 aliphatic carbocycles. The quantitative estimate of drug-likeness (QED) is 0.928. The molecule has 1 saturated carbocycles. The van der Waals surface area contributed by atoms with Crippen molar-refractivity contribution in [2.75, 3.05) is 0 Å². The van der Waals surface area contributed by atoms with E-state index in [4.69, 9.17) is 23.2 Å². The molecule has 1 aliphatic heterocycles. The average molecular weight is 327 g/mol. The van der Waals surface area contributed by atoms with E-state index in [-0.39, 0.29) is 24.3 Å². The summed E-state index contributed by atoms with van der Waals surface area (Å²) in [6, 6.07) is 4.34. The summed E-state index contributed by atoms with van der Waals surface area (Å²) in [6.45, 7) is 1.97. The Kier molecular flexibility index (Phi) is 3.84. The van der Waals surface area contributed by atoms with Gasteiger partial charge >= 0.3 is 0 Å². The molecule has 1 aromatic carbocycles. The molecule has 6 heteroatoms. The van der Waals surface area contributed by atoms with Crippen molar-refractivity contribution in [3.8, 4) is 0 Å². The molecule has 2 aliphatic rings. The van der Waals surface area contributed by atoms with Crippen LogP contribution in [-0.4, -0.2) is 28.8 Å². The molecule has 1 heterocycles. The number of piperazine rings is 1. The van der Waals surface area contributed by atoms with Crippen molar-refractivity contribution in [2.45, 2.75) is 38.4 Å². The summed E-state index contributed by atoms with van der Waals surface area (Å²) < 4.78 is 0. The molecule has 3 rings (SSSR count). The normalized spacial score (nSPS) is 26.0. The first kappa shape index (κ1) is 14.7. The number of amides is 2. The SMILES string of the molecule is CC1NC(=O)C(C2CC2)N(Cc2c(Cl)cccc2Cl)C1=O. The summed E-state index contributed by atoms with van der Waals surface area (Å²) in [5.41, 5.74) is 0.696. The summed E-state index contributed by atoms with van der Waals surface area (Å²) in [5, 5.41) is 3.78. The Morgan fingerprint density at radius 2 is 1.86 bits per heavy atom. The van der Waals surface area contributed by atoms with Gasteiger partial charge in [0.05, 0.1) is 0 Å². The summed E-state index contributed by atoms with van der Waals surface area (Å²) in [4.78, 5) is 26.3. The highest BCUT2D eigenvalue weighted by Gasteiger charge is 2.46. The molecule has 2 fully saturated rings. The van der Waals surface area contributed by atoms with E-state index < -0.39 is 12.1 Å². The van der Waals surface area contributed by atoms with Crippen LogP contribution in [0.4, 0.5) is 0 Å². The summed E-state index contributed by atoms with van der Waals surface area (Å²) >= 11 is 12.4. The molecule has 112 valence electrons. The zero-order valence-electron chi connectivity index (χ0n) is 11.6. The molecule has 2 unspecified atom stereocenters. The van der Waals surface area contributed by atoms with Crippen LogP contribution in [0.1, 0.15) is 25.3 Å². The minimum atomic E-state index is -0.506. The van der Waals surface area contributed by atoms with Gasteiger partial charge in [-0.3, -0.25) is 9.59 Å². The lowest BCUT2D eigenvalue weighted by Crippen LogP contribution is -2.62. The fraction of sp³-hybridized carbons (Fsp3) is 0.467. The van der Waals surface area contributed by atoms with E-state index in [0.29, 0.717) is 15.6 Å². The Bertz CT molecular complexity index is 581. The second-order valence-corrected chi connectivity index (χ2v) is 6.49. The maximum Gasteiger partial charge on any atom is 0.245 e. The van der Waals surface area contributed by atoms with Crippen LogP contribution in [0, 0.1) is 5.92 Å². The van der Waals surface area contributed by atoms with Crippen molar-refractivity contribution in [2.24, 2.45) is 5.92 Å². The number of hydrogen-bond acceptors (Lipinski definition) is 2.